The Hall–Kier alpha value is -3.81. The minimum Gasteiger partial charge on any atom is -0.463 e. The fourth-order valence-corrected chi connectivity index (χ4v) is 5.12. The third kappa shape index (κ3) is 4.11. The van der Waals surface area contributed by atoms with Crippen molar-refractivity contribution in [2.75, 3.05) is 16.2 Å². The predicted molar refractivity (Wildman–Crippen MR) is 116 cm³/mol. The van der Waals surface area contributed by atoms with Gasteiger partial charge in [-0.1, -0.05) is 24.3 Å². The molecule has 1 aromatic heterocycles. The molecule has 180 valence electrons. The van der Waals surface area contributed by atoms with Crippen molar-refractivity contribution >= 4 is 44.4 Å². The molecule has 0 bridgehead atoms. The summed E-state index contributed by atoms with van der Waals surface area (Å²) in [4.78, 5) is 23.7. The van der Waals surface area contributed by atoms with Crippen LogP contribution in [-0.2, 0) is 16.4 Å². The van der Waals surface area contributed by atoms with Crippen molar-refractivity contribution in [3.05, 3.63) is 54.2 Å². The second-order valence-electron chi connectivity index (χ2n) is 7.48. The first-order valence-electron chi connectivity index (χ1n) is 9.94. The zero-order valence-corrected chi connectivity index (χ0v) is 18.1. The molecule has 0 radical (unpaired) electrons. The maximum absolute atomic E-state index is 13.4. The van der Waals surface area contributed by atoms with Crippen molar-refractivity contribution in [1.29, 1.82) is 0 Å². The van der Waals surface area contributed by atoms with Crippen LogP contribution in [0.4, 0.5) is 34.1 Å². The van der Waals surface area contributed by atoms with Gasteiger partial charge in [-0.15, -0.1) is 0 Å². The van der Waals surface area contributed by atoms with Gasteiger partial charge in [-0.25, -0.2) is 9.59 Å². The Morgan fingerprint density at radius 3 is 2.59 bits per heavy atom. The molecule has 1 unspecified atom stereocenters. The third-order valence-electron chi connectivity index (χ3n) is 5.40. The number of rotatable bonds is 4. The molecule has 2 heterocycles. The molecule has 0 fully saturated rings. The summed E-state index contributed by atoms with van der Waals surface area (Å²) in [6, 6.07) is 8.40. The monoisotopic (exact) mass is 497 g/mol. The summed E-state index contributed by atoms with van der Waals surface area (Å²) in [6.45, 7) is -0.389. The number of hydrogen-bond acceptors (Lipinski definition) is 5. The van der Waals surface area contributed by atoms with Crippen LogP contribution < -0.4 is 14.9 Å². The van der Waals surface area contributed by atoms with Crippen LogP contribution in [0.2, 0.25) is 0 Å². The van der Waals surface area contributed by atoms with Gasteiger partial charge in [0.2, 0.25) is 0 Å². The number of aromatic nitrogens is 2. The summed E-state index contributed by atoms with van der Waals surface area (Å²) in [6.07, 6.45) is 0.324. The number of hydrogen-bond donors (Lipinski definition) is 3. The fraction of sp³-hybridized carbons (Fsp3) is 0.250. The normalized spacial score (nSPS) is 16.2. The molecular formula is C20H18F3N5O5S. The van der Waals surface area contributed by atoms with E-state index in [1.165, 1.54) is 36.5 Å². The first kappa shape index (κ1) is 23.4. The topological polar surface area (TPSA) is 134 Å². The van der Waals surface area contributed by atoms with Crippen LogP contribution >= 0.6 is 0 Å². The van der Waals surface area contributed by atoms with E-state index >= 15 is 0 Å². The standard InChI is InChI=1S/C20H18F3N5O5S/c21-20(22,23)34(32,33)28-13(9-8-12-4-1-2-6-16(12)28)10-24-18(29)26-15-5-3-7-17-14(15)11-25-27(17)19(30)31/h1-7,11,13H,8-10H2,(H,30,31)(H2,24,26,29). The highest BCUT2D eigenvalue weighted by Gasteiger charge is 2.53. The van der Waals surface area contributed by atoms with Crippen LogP contribution in [0.1, 0.15) is 12.0 Å². The first-order chi connectivity index (χ1) is 16.0. The molecule has 34 heavy (non-hydrogen) atoms. The molecule has 2 aromatic carbocycles. The quantitative estimate of drug-likeness (QED) is 0.506. The van der Waals surface area contributed by atoms with Gasteiger partial charge in [0.1, 0.15) is 0 Å². The van der Waals surface area contributed by atoms with Gasteiger partial charge in [-0.3, -0.25) is 4.31 Å². The number of aryl methyl sites for hydroxylation is 1. The molecule has 0 aliphatic carbocycles. The Morgan fingerprint density at radius 2 is 1.88 bits per heavy atom. The largest absolute Gasteiger partial charge is 0.516 e. The lowest BCUT2D eigenvalue weighted by molar-refractivity contribution is -0.0441. The number of fused-ring (bicyclic) bond motifs is 2. The molecule has 1 aliphatic rings. The Kier molecular flexibility index (Phi) is 5.85. The minimum absolute atomic E-state index is 0.0631. The van der Waals surface area contributed by atoms with Gasteiger partial charge in [0, 0.05) is 11.9 Å². The van der Waals surface area contributed by atoms with Crippen LogP contribution in [-0.4, -0.2) is 53.5 Å². The Labute approximate surface area is 191 Å². The number of para-hydroxylation sites is 1. The zero-order valence-electron chi connectivity index (χ0n) is 17.3. The maximum Gasteiger partial charge on any atom is 0.516 e. The van der Waals surface area contributed by atoms with Crippen LogP contribution in [0.3, 0.4) is 0 Å². The number of carbonyl (C=O) groups excluding carboxylic acids is 1. The number of nitrogens with zero attached hydrogens (tertiary/aromatic N) is 3. The van der Waals surface area contributed by atoms with Crippen molar-refractivity contribution in [2.24, 2.45) is 0 Å². The van der Waals surface area contributed by atoms with E-state index in [4.69, 9.17) is 5.11 Å². The summed E-state index contributed by atoms with van der Waals surface area (Å²) in [5.74, 6) is 0. The number of amides is 2. The van der Waals surface area contributed by atoms with Crippen LogP contribution in [0.15, 0.2) is 48.7 Å². The average molecular weight is 497 g/mol. The van der Waals surface area contributed by atoms with Crippen LogP contribution in [0.25, 0.3) is 10.9 Å². The number of alkyl halides is 3. The summed E-state index contributed by atoms with van der Waals surface area (Å²) in [5, 5.41) is 18.1. The lowest BCUT2D eigenvalue weighted by Gasteiger charge is -2.38. The highest BCUT2D eigenvalue weighted by molar-refractivity contribution is 7.93. The molecule has 0 saturated heterocycles. The zero-order chi connectivity index (χ0) is 24.7. The minimum atomic E-state index is -5.71. The second-order valence-corrected chi connectivity index (χ2v) is 9.29. The third-order valence-corrected chi connectivity index (χ3v) is 7.00. The van der Waals surface area contributed by atoms with E-state index in [1.54, 1.807) is 12.1 Å². The van der Waals surface area contributed by atoms with Crippen molar-refractivity contribution in [2.45, 2.75) is 24.4 Å². The first-order valence-corrected chi connectivity index (χ1v) is 11.4. The van der Waals surface area contributed by atoms with Crippen molar-refractivity contribution in [3.63, 3.8) is 0 Å². The Balaban J connectivity index is 1.54. The van der Waals surface area contributed by atoms with Gasteiger partial charge >= 0.3 is 27.7 Å². The summed E-state index contributed by atoms with van der Waals surface area (Å²) >= 11 is 0. The lowest BCUT2D eigenvalue weighted by Crippen LogP contribution is -2.53. The molecule has 1 atom stereocenters. The SMILES string of the molecule is O=C(NCC1CCc2ccccc2N1S(=O)(=O)C(F)(F)F)Nc1cccc2c1cnn2C(=O)O. The number of sulfonamides is 1. The highest BCUT2D eigenvalue weighted by atomic mass is 32.2. The van der Waals surface area contributed by atoms with Crippen molar-refractivity contribution in [1.82, 2.24) is 15.1 Å². The van der Waals surface area contributed by atoms with Gasteiger partial charge in [-0.2, -0.15) is 31.4 Å². The molecule has 14 heteroatoms. The summed E-state index contributed by atoms with van der Waals surface area (Å²) < 4.78 is 65.9. The molecule has 10 nitrogen and oxygen atoms in total. The summed E-state index contributed by atoms with van der Waals surface area (Å²) in [5.41, 5.74) is -4.70. The molecule has 3 N–H and O–H groups in total. The van der Waals surface area contributed by atoms with E-state index < -0.39 is 33.7 Å². The number of carbonyl (C=O) groups is 2. The molecule has 1 aliphatic heterocycles. The van der Waals surface area contributed by atoms with Gasteiger partial charge in [0.05, 0.1) is 29.1 Å². The van der Waals surface area contributed by atoms with E-state index in [2.05, 4.69) is 15.7 Å². The van der Waals surface area contributed by atoms with E-state index in [1.807, 2.05) is 0 Å². The molecule has 2 amide bonds. The smallest absolute Gasteiger partial charge is 0.463 e. The Bertz CT molecular complexity index is 1370. The van der Waals surface area contributed by atoms with E-state index in [9.17, 15) is 31.2 Å². The van der Waals surface area contributed by atoms with Crippen molar-refractivity contribution < 1.29 is 36.3 Å². The molecule has 3 aromatic rings. The molecule has 0 spiro atoms. The van der Waals surface area contributed by atoms with E-state index in [-0.39, 0.29) is 29.9 Å². The number of carboxylic acid groups (broad SMARTS) is 1. The average Bonchev–Trinajstić information content (AvgIpc) is 3.22. The van der Waals surface area contributed by atoms with Crippen LogP contribution in [0, 0.1) is 0 Å². The highest BCUT2D eigenvalue weighted by Crippen LogP contribution is 2.38. The van der Waals surface area contributed by atoms with Crippen LogP contribution in [0.5, 0.6) is 0 Å². The van der Waals surface area contributed by atoms with Crippen molar-refractivity contribution in [3.8, 4) is 0 Å². The summed E-state index contributed by atoms with van der Waals surface area (Å²) in [7, 11) is -5.71. The Morgan fingerprint density at radius 1 is 1.15 bits per heavy atom. The number of urea groups is 1. The molecular weight excluding hydrogens is 479 g/mol. The maximum atomic E-state index is 13.4. The number of nitrogens with one attached hydrogen (secondary N) is 2. The number of halogens is 3. The lowest BCUT2D eigenvalue weighted by atomic mass is 9.98. The number of anilines is 2. The number of benzene rings is 2. The molecule has 0 saturated carbocycles. The predicted octanol–water partition coefficient (Wildman–Crippen LogP) is 3.35. The van der Waals surface area contributed by atoms with Gasteiger partial charge < -0.3 is 15.7 Å². The van der Waals surface area contributed by atoms with E-state index in [0.717, 1.165) is 4.68 Å². The second kappa shape index (κ2) is 8.52. The molecule has 4 rings (SSSR count). The fourth-order valence-electron chi connectivity index (χ4n) is 3.89. The van der Waals surface area contributed by atoms with Gasteiger partial charge in [-0.05, 0) is 36.6 Å². The van der Waals surface area contributed by atoms with Gasteiger partial charge in [0.25, 0.3) is 0 Å². The van der Waals surface area contributed by atoms with Gasteiger partial charge in [0.15, 0.2) is 0 Å². The van der Waals surface area contributed by atoms with E-state index in [0.29, 0.717) is 21.7 Å².